The summed E-state index contributed by atoms with van der Waals surface area (Å²) in [4.78, 5) is 8.92. The van der Waals surface area contributed by atoms with E-state index >= 15 is 0 Å². The average Bonchev–Trinajstić information content (AvgIpc) is 2.64. The molecule has 128 valence electrons. The van der Waals surface area contributed by atoms with Crippen LogP contribution in [0.2, 0.25) is 0 Å². The summed E-state index contributed by atoms with van der Waals surface area (Å²) in [5.74, 6) is 0.778. The van der Waals surface area contributed by atoms with E-state index in [1.165, 1.54) is 0 Å². The van der Waals surface area contributed by atoms with Crippen molar-refractivity contribution in [3.05, 3.63) is 66.0 Å². The standard InChI is InChI=1S/C19H26N4O/c1-2-20-19(22-13-11-18-10-6-7-12-21-18)23-14-17(15-24)16-8-4-3-5-9-16/h3-10,12,17,24H,2,11,13-15H2,1H3,(H2,20,22,23). The molecule has 0 aliphatic heterocycles. The van der Waals surface area contributed by atoms with E-state index in [0.717, 1.165) is 36.7 Å². The van der Waals surface area contributed by atoms with Gasteiger partial charge in [0.2, 0.25) is 0 Å². The second kappa shape index (κ2) is 10.4. The van der Waals surface area contributed by atoms with Crippen LogP contribution in [0.4, 0.5) is 0 Å². The zero-order chi connectivity index (χ0) is 17.0. The highest BCUT2D eigenvalue weighted by Crippen LogP contribution is 2.14. The second-order valence-electron chi connectivity index (χ2n) is 5.51. The van der Waals surface area contributed by atoms with Crippen LogP contribution in [0.5, 0.6) is 0 Å². The van der Waals surface area contributed by atoms with E-state index in [0.29, 0.717) is 6.54 Å². The Hall–Kier alpha value is -2.40. The zero-order valence-corrected chi connectivity index (χ0v) is 14.2. The fraction of sp³-hybridized carbons (Fsp3) is 0.368. The average molecular weight is 326 g/mol. The van der Waals surface area contributed by atoms with Gasteiger partial charge in [0.05, 0.1) is 13.2 Å². The first kappa shape index (κ1) is 17.9. The molecule has 0 fully saturated rings. The minimum absolute atomic E-state index is 0.0115. The molecule has 1 unspecified atom stereocenters. The molecule has 2 aromatic rings. The molecule has 3 N–H and O–H groups in total. The van der Waals surface area contributed by atoms with E-state index in [1.807, 2.05) is 55.5 Å². The van der Waals surface area contributed by atoms with Gasteiger partial charge in [-0.15, -0.1) is 0 Å². The van der Waals surface area contributed by atoms with Crippen molar-refractivity contribution in [1.29, 1.82) is 0 Å². The molecule has 0 saturated heterocycles. The highest BCUT2D eigenvalue weighted by molar-refractivity contribution is 5.79. The Bertz CT molecular complexity index is 601. The third-order valence-corrected chi connectivity index (χ3v) is 3.71. The SMILES string of the molecule is CCNC(=NCC(CO)c1ccccc1)NCCc1ccccn1. The van der Waals surface area contributed by atoms with E-state index < -0.39 is 0 Å². The first-order valence-corrected chi connectivity index (χ1v) is 8.41. The van der Waals surface area contributed by atoms with Crippen molar-refractivity contribution >= 4 is 5.96 Å². The first-order valence-electron chi connectivity index (χ1n) is 8.41. The maximum atomic E-state index is 9.63. The van der Waals surface area contributed by atoms with Crippen LogP contribution in [0.3, 0.4) is 0 Å². The first-order chi connectivity index (χ1) is 11.8. The van der Waals surface area contributed by atoms with Crippen molar-refractivity contribution in [1.82, 2.24) is 15.6 Å². The summed E-state index contributed by atoms with van der Waals surface area (Å²) in [7, 11) is 0. The van der Waals surface area contributed by atoms with Gasteiger partial charge in [0, 0.05) is 37.3 Å². The molecule has 1 heterocycles. The van der Waals surface area contributed by atoms with Gasteiger partial charge in [0.15, 0.2) is 5.96 Å². The van der Waals surface area contributed by atoms with E-state index in [1.54, 1.807) is 6.20 Å². The maximum absolute atomic E-state index is 9.63. The van der Waals surface area contributed by atoms with Gasteiger partial charge >= 0.3 is 0 Å². The van der Waals surface area contributed by atoms with Crippen molar-refractivity contribution in [2.75, 3.05) is 26.2 Å². The van der Waals surface area contributed by atoms with Gasteiger partial charge in [0.1, 0.15) is 0 Å². The van der Waals surface area contributed by atoms with E-state index in [-0.39, 0.29) is 12.5 Å². The fourth-order valence-electron chi connectivity index (χ4n) is 2.39. The molecular weight excluding hydrogens is 300 g/mol. The molecule has 0 aliphatic carbocycles. The van der Waals surface area contributed by atoms with Gasteiger partial charge in [-0.05, 0) is 24.6 Å². The minimum Gasteiger partial charge on any atom is -0.396 e. The van der Waals surface area contributed by atoms with Gasteiger partial charge in [-0.25, -0.2) is 0 Å². The highest BCUT2D eigenvalue weighted by Gasteiger charge is 2.09. The normalized spacial score (nSPS) is 12.7. The van der Waals surface area contributed by atoms with Crippen LogP contribution in [-0.4, -0.2) is 42.3 Å². The van der Waals surface area contributed by atoms with Crippen molar-refractivity contribution in [2.45, 2.75) is 19.3 Å². The monoisotopic (exact) mass is 326 g/mol. The Morgan fingerprint density at radius 3 is 2.58 bits per heavy atom. The lowest BCUT2D eigenvalue weighted by Crippen LogP contribution is -2.38. The summed E-state index contributed by atoms with van der Waals surface area (Å²) in [6, 6.07) is 15.9. The third-order valence-electron chi connectivity index (χ3n) is 3.71. The number of pyridine rings is 1. The summed E-state index contributed by atoms with van der Waals surface area (Å²) in [6.45, 7) is 4.22. The van der Waals surface area contributed by atoms with Gasteiger partial charge in [-0.3, -0.25) is 9.98 Å². The molecule has 1 aromatic carbocycles. The van der Waals surface area contributed by atoms with Crippen LogP contribution in [0.25, 0.3) is 0 Å². The number of guanidine groups is 1. The minimum atomic E-state index is 0.0115. The Labute approximate surface area is 143 Å². The predicted octanol–water partition coefficient (Wildman–Crippen LogP) is 1.96. The maximum Gasteiger partial charge on any atom is 0.191 e. The number of aliphatic hydroxyl groups is 1. The van der Waals surface area contributed by atoms with Crippen LogP contribution in [-0.2, 0) is 6.42 Å². The molecule has 0 bridgehead atoms. The van der Waals surface area contributed by atoms with Crippen molar-refractivity contribution in [2.24, 2.45) is 4.99 Å². The van der Waals surface area contributed by atoms with Gasteiger partial charge in [0.25, 0.3) is 0 Å². The van der Waals surface area contributed by atoms with Crippen molar-refractivity contribution in [3.63, 3.8) is 0 Å². The smallest absolute Gasteiger partial charge is 0.191 e. The topological polar surface area (TPSA) is 69.5 Å². The van der Waals surface area contributed by atoms with E-state index in [2.05, 4.69) is 20.6 Å². The number of aliphatic imine (C=N–C) groups is 1. The van der Waals surface area contributed by atoms with Crippen LogP contribution >= 0.6 is 0 Å². The number of rotatable bonds is 8. The summed E-state index contributed by atoms with van der Waals surface area (Å²) in [5.41, 5.74) is 2.16. The van der Waals surface area contributed by atoms with Crippen LogP contribution < -0.4 is 10.6 Å². The summed E-state index contributed by atoms with van der Waals surface area (Å²) >= 11 is 0. The Balaban J connectivity index is 1.89. The quantitative estimate of drug-likeness (QED) is 0.512. The van der Waals surface area contributed by atoms with Gasteiger partial charge < -0.3 is 15.7 Å². The van der Waals surface area contributed by atoms with Gasteiger partial charge in [-0.1, -0.05) is 36.4 Å². The number of aromatic nitrogens is 1. The van der Waals surface area contributed by atoms with Gasteiger partial charge in [-0.2, -0.15) is 0 Å². The van der Waals surface area contributed by atoms with E-state index in [4.69, 9.17) is 0 Å². The highest BCUT2D eigenvalue weighted by atomic mass is 16.3. The van der Waals surface area contributed by atoms with E-state index in [9.17, 15) is 5.11 Å². The Kier molecular flexibility index (Phi) is 7.77. The second-order valence-corrected chi connectivity index (χ2v) is 5.51. The molecule has 0 saturated carbocycles. The van der Waals surface area contributed by atoms with Crippen molar-refractivity contribution in [3.8, 4) is 0 Å². The Morgan fingerprint density at radius 2 is 1.92 bits per heavy atom. The number of nitrogens with one attached hydrogen (secondary N) is 2. The van der Waals surface area contributed by atoms with Crippen LogP contribution in [0.1, 0.15) is 24.1 Å². The molecule has 0 aliphatic rings. The summed E-state index contributed by atoms with van der Waals surface area (Å²) in [6.07, 6.45) is 2.65. The molecular formula is C19H26N4O. The predicted molar refractivity (Wildman–Crippen MR) is 98.2 cm³/mol. The largest absolute Gasteiger partial charge is 0.396 e. The fourth-order valence-corrected chi connectivity index (χ4v) is 2.39. The molecule has 5 nitrogen and oxygen atoms in total. The summed E-state index contributed by atoms with van der Waals surface area (Å²) < 4.78 is 0. The number of hydrogen-bond acceptors (Lipinski definition) is 3. The number of benzene rings is 1. The van der Waals surface area contributed by atoms with Crippen molar-refractivity contribution < 1.29 is 5.11 Å². The molecule has 1 atom stereocenters. The summed E-state index contributed by atoms with van der Waals surface area (Å²) in [5, 5.41) is 16.2. The lowest BCUT2D eigenvalue weighted by atomic mass is 10.0. The van der Waals surface area contributed by atoms with Crippen LogP contribution in [0, 0.1) is 0 Å². The molecule has 5 heteroatoms. The molecule has 0 amide bonds. The lowest BCUT2D eigenvalue weighted by Gasteiger charge is -2.15. The number of aliphatic hydroxyl groups excluding tert-OH is 1. The molecule has 0 spiro atoms. The Morgan fingerprint density at radius 1 is 1.12 bits per heavy atom. The molecule has 24 heavy (non-hydrogen) atoms. The zero-order valence-electron chi connectivity index (χ0n) is 14.2. The molecule has 1 aromatic heterocycles. The van der Waals surface area contributed by atoms with Crippen LogP contribution in [0.15, 0.2) is 59.7 Å². The third kappa shape index (κ3) is 6.01. The molecule has 0 radical (unpaired) electrons. The molecule has 2 rings (SSSR count). The lowest BCUT2D eigenvalue weighted by molar-refractivity contribution is 0.268. The number of nitrogens with zero attached hydrogens (tertiary/aromatic N) is 2. The number of hydrogen-bond donors (Lipinski definition) is 3.